The minimum atomic E-state index is -0.520. The van der Waals surface area contributed by atoms with Gasteiger partial charge in [-0.05, 0) is 25.1 Å². The van der Waals surface area contributed by atoms with Gasteiger partial charge in [-0.1, -0.05) is 30.3 Å². The normalized spacial score (nSPS) is 10.9. The van der Waals surface area contributed by atoms with Crippen LogP contribution in [0.5, 0.6) is 0 Å². The zero-order valence-electron chi connectivity index (χ0n) is 15.5. The van der Waals surface area contributed by atoms with Gasteiger partial charge in [0, 0.05) is 10.1 Å². The summed E-state index contributed by atoms with van der Waals surface area (Å²) in [6.07, 6.45) is 1.38. The van der Waals surface area contributed by atoms with Crippen LogP contribution in [0.4, 0.5) is 5.69 Å². The highest BCUT2D eigenvalue weighted by atomic mass is 32.1. The molecule has 8 heteroatoms. The Morgan fingerprint density at radius 1 is 1.14 bits per heavy atom. The molecule has 2 aromatic heterocycles. The average molecular weight is 407 g/mol. The van der Waals surface area contributed by atoms with E-state index in [0.29, 0.717) is 15.9 Å². The molecule has 0 saturated heterocycles. The molecule has 0 spiro atoms. The van der Waals surface area contributed by atoms with Crippen molar-refractivity contribution in [1.29, 1.82) is 0 Å². The number of benzene rings is 2. The second kappa shape index (κ2) is 7.84. The number of hydrogen-bond donors (Lipinski definition) is 1. The summed E-state index contributed by atoms with van der Waals surface area (Å²) in [7, 11) is 0. The van der Waals surface area contributed by atoms with Crippen molar-refractivity contribution in [2.75, 3.05) is 11.9 Å². The number of nitrogens with one attached hydrogen (secondary N) is 1. The molecular formula is C21H17N3O4S. The van der Waals surface area contributed by atoms with Crippen molar-refractivity contribution in [3.8, 4) is 0 Å². The molecule has 2 aromatic carbocycles. The van der Waals surface area contributed by atoms with Gasteiger partial charge in [-0.3, -0.25) is 14.2 Å². The molecule has 0 aliphatic heterocycles. The summed E-state index contributed by atoms with van der Waals surface area (Å²) in [5.74, 6) is -0.958. The van der Waals surface area contributed by atoms with Gasteiger partial charge in [0.05, 0.1) is 29.7 Å². The number of rotatable bonds is 5. The first-order valence-electron chi connectivity index (χ1n) is 9.01. The fourth-order valence-electron chi connectivity index (χ4n) is 3.05. The van der Waals surface area contributed by atoms with Crippen molar-refractivity contribution in [1.82, 2.24) is 9.55 Å². The quantitative estimate of drug-likeness (QED) is 0.512. The van der Waals surface area contributed by atoms with Crippen LogP contribution in [0.1, 0.15) is 17.3 Å². The number of para-hydroxylation sites is 1. The Kier molecular flexibility index (Phi) is 5.09. The molecule has 0 atom stereocenters. The second-order valence-electron chi connectivity index (χ2n) is 6.27. The average Bonchev–Trinajstić information content (AvgIpc) is 3.10. The van der Waals surface area contributed by atoms with Gasteiger partial charge in [-0.2, -0.15) is 0 Å². The maximum Gasteiger partial charge on any atom is 0.340 e. The van der Waals surface area contributed by atoms with E-state index in [2.05, 4.69) is 10.3 Å². The lowest BCUT2D eigenvalue weighted by molar-refractivity contribution is -0.116. The number of ether oxygens (including phenoxy) is 1. The number of esters is 1. The van der Waals surface area contributed by atoms with Gasteiger partial charge < -0.3 is 10.1 Å². The molecule has 1 amide bonds. The number of carbonyl (C=O) groups is 2. The molecule has 0 bridgehead atoms. The first-order valence-corrected chi connectivity index (χ1v) is 9.83. The molecule has 0 fully saturated rings. The second-order valence-corrected chi connectivity index (χ2v) is 7.32. The number of hydrogen-bond acceptors (Lipinski definition) is 6. The monoisotopic (exact) mass is 407 g/mol. The predicted molar refractivity (Wildman–Crippen MR) is 112 cm³/mol. The summed E-state index contributed by atoms with van der Waals surface area (Å²) in [6, 6.07) is 14.2. The van der Waals surface area contributed by atoms with E-state index in [0.717, 1.165) is 10.1 Å². The first-order chi connectivity index (χ1) is 14.1. The number of thiophene rings is 1. The van der Waals surface area contributed by atoms with Crippen LogP contribution in [0.3, 0.4) is 0 Å². The van der Waals surface area contributed by atoms with Crippen LogP contribution >= 0.6 is 11.3 Å². The van der Waals surface area contributed by atoms with Gasteiger partial charge in [-0.15, -0.1) is 11.3 Å². The largest absolute Gasteiger partial charge is 0.462 e. The summed E-state index contributed by atoms with van der Waals surface area (Å²) in [5, 5.41) is 3.60. The van der Waals surface area contributed by atoms with Crippen LogP contribution < -0.4 is 10.9 Å². The van der Waals surface area contributed by atoms with Crippen LogP contribution in [-0.4, -0.2) is 28.0 Å². The van der Waals surface area contributed by atoms with Gasteiger partial charge in [0.15, 0.2) is 0 Å². The molecule has 146 valence electrons. The lowest BCUT2D eigenvalue weighted by atomic mass is 10.2. The molecule has 4 aromatic rings. The molecule has 7 nitrogen and oxygen atoms in total. The van der Waals surface area contributed by atoms with Crippen LogP contribution in [0.25, 0.3) is 20.3 Å². The zero-order chi connectivity index (χ0) is 20.4. The maximum atomic E-state index is 12.8. The molecule has 0 saturated carbocycles. The van der Waals surface area contributed by atoms with E-state index in [4.69, 9.17) is 4.74 Å². The number of aromatic nitrogens is 2. The van der Waals surface area contributed by atoms with E-state index in [1.54, 1.807) is 31.2 Å². The predicted octanol–water partition coefficient (Wildman–Crippen LogP) is 3.43. The van der Waals surface area contributed by atoms with Gasteiger partial charge >= 0.3 is 5.97 Å². The Bertz CT molecular complexity index is 1290. The zero-order valence-corrected chi connectivity index (χ0v) is 16.4. The molecule has 0 aliphatic carbocycles. The molecular weight excluding hydrogens is 390 g/mol. The molecule has 0 aliphatic rings. The lowest BCUT2D eigenvalue weighted by Crippen LogP contribution is -2.28. The van der Waals surface area contributed by atoms with E-state index in [1.807, 2.05) is 24.3 Å². The summed E-state index contributed by atoms with van der Waals surface area (Å²) >= 11 is 1.36. The molecule has 2 heterocycles. The standard InChI is InChI=1S/C21H17N3O4S/c1-2-28-21(27)13-7-3-5-9-15(13)23-17(25)11-24-12-22-18-14-8-4-6-10-16(14)29-19(18)20(24)26/h3-10,12H,2,11H2,1H3,(H,23,25). The number of fused-ring (bicyclic) bond motifs is 3. The van der Waals surface area contributed by atoms with Crippen molar-refractivity contribution < 1.29 is 14.3 Å². The third-order valence-electron chi connectivity index (χ3n) is 4.36. The van der Waals surface area contributed by atoms with Gasteiger partial charge in [-0.25, -0.2) is 9.78 Å². The van der Waals surface area contributed by atoms with Crippen molar-refractivity contribution in [2.45, 2.75) is 13.5 Å². The van der Waals surface area contributed by atoms with Crippen LogP contribution in [0, 0.1) is 0 Å². The van der Waals surface area contributed by atoms with Crippen LogP contribution in [0.15, 0.2) is 59.7 Å². The van der Waals surface area contributed by atoms with E-state index in [1.165, 1.54) is 22.2 Å². The molecule has 4 rings (SSSR count). The summed E-state index contributed by atoms with van der Waals surface area (Å²) < 4.78 is 7.75. The number of nitrogens with zero attached hydrogens (tertiary/aromatic N) is 2. The molecule has 0 unspecified atom stereocenters. The number of carbonyl (C=O) groups excluding carboxylic acids is 2. The van der Waals surface area contributed by atoms with E-state index >= 15 is 0 Å². The van der Waals surface area contributed by atoms with E-state index in [-0.39, 0.29) is 24.3 Å². The minimum Gasteiger partial charge on any atom is -0.462 e. The minimum absolute atomic E-state index is 0.215. The number of anilines is 1. The van der Waals surface area contributed by atoms with Gasteiger partial charge in [0.25, 0.3) is 5.56 Å². The highest BCUT2D eigenvalue weighted by molar-refractivity contribution is 7.25. The lowest BCUT2D eigenvalue weighted by Gasteiger charge is -2.11. The third-order valence-corrected chi connectivity index (χ3v) is 5.51. The van der Waals surface area contributed by atoms with Gasteiger partial charge in [0.1, 0.15) is 11.2 Å². The summed E-state index contributed by atoms with van der Waals surface area (Å²) in [4.78, 5) is 41.8. The van der Waals surface area contributed by atoms with Gasteiger partial charge in [0.2, 0.25) is 5.91 Å². The van der Waals surface area contributed by atoms with Crippen LogP contribution in [-0.2, 0) is 16.1 Å². The highest BCUT2D eigenvalue weighted by Crippen LogP contribution is 2.29. The van der Waals surface area contributed by atoms with Crippen molar-refractivity contribution >= 4 is 49.2 Å². The fourth-order valence-corrected chi connectivity index (χ4v) is 4.16. The molecule has 0 radical (unpaired) electrons. The number of amides is 1. The Morgan fingerprint density at radius 3 is 2.72 bits per heavy atom. The fraction of sp³-hybridized carbons (Fsp3) is 0.143. The highest BCUT2D eigenvalue weighted by Gasteiger charge is 2.16. The summed E-state index contributed by atoms with van der Waals surface area (Å²) in [5.41, 5.74) is 0.956. The Balaban J connectivity index is 1.60. The van der Waals surface area contributed by atoms with E-state index in [9.17, 15) is 14.4 Å². The Labute approximate surface area is 169 Å². The topological polar surface area (TPSA) is 90.3 Å². The Hall–Kier alpha value is -3.52. The van der Waals surface area contributed by atoms with Crippen molar-refractivity contribution in [3.63, 3.8) is 0 Å². The molecule has 1 N–H and O–H groups in total. The third kappa shape index (κ3) is 3.62. The molecule has 29 heavy (non-hydrogen) atoms. The SMILES string of the molecule is CCOC(=O)c1ccccc1NC(=O)Cn1cnc2c(sc3ccccc32)c1=O. The van der Waals surface area contributed by atoms with Crippen molar-refractivity contribution in [2.24, 2.45) is 0 Å². The smallest absolute Gasteiger partial charge is 0.340 e. The Morgan fingerprint density at radius 2 is 1.90 bits per heavy atom. The van der Waals surface area contributed by atoms with Crippen molar-refractivity contribution in [3.05, 3.63) is 70.8 Å². The summed E-state index contributed by atoms with van der Waals surface area (Å²) in [6.45, 7) is 1.73. The van der Waals surface area contributed by atoms with Crippen LogP contribution in [0.2, 0.25) is 0 Å². The maximum absolute atomic E-state index is 12.8. The first kappa shape index (κ1) is 18.8. The van der Waals surface area contributed by atoms with E-state index < -0.39 is 11.9 Å².